The normalized spacial score (nSPS) is 11.5. The first-order chi connectivity index (χ1) is 6.52. The van der Waals surface area contributed by atoms with E-state index < -0.39 is 0 Å². The molecule has 14 heavy (non-hydrogen) atoms. The molecule has 76 valence electrons. The Balaban J connectivity index is 4.74. The summed E-state index contributed by atoms with van der Waals surface area (Å²) in [5.74, 6) is 0. The van der Waals surface area contributed by atoms with Gasteiger partial charge in [-0.3, -0.25) is 0 Å². The van der Waals surface area contributed by atoms with Crippen molar-refractivity contribution < 1.29 is 0 Å². The quantitative estimate of drug-likeness (QED) is 0.673. The number of hydrogen-bond donors (Lipinski definition) is 1. The molecular formula is C13H19N. The van der Waals surface area contributed by atoms with Crippen LogP contribution in [0.25, 0.3) is 0 Å². The smallest absolute Gasteiger partial charge is 0.0270 e. The summed E-state index contributed by atoms with van der Waals surface area (Å²) in [7, 11) is 0. The molecule has 0 aliphatic carbocycles. The third kappa shape index (κ3) is 3.94. The van der Waals surface area contributed by atoms with Crippen LogP contribution >= 0.6 is 0 Å². The second kappa shape index (κ2) is 6.03. The molecule has 0 aromatic heterocycles. The third-order valence-electron chi connectivity index (χ3n) is 1.90. The van der Waals surface area contributed by atoms with Crippen LogP contribution in [0.5, 0.6) is 0 Å². The van der Waals surface area contributed by atoms with Crippen molar-refractivity contribution >= 4 is 0 Å². The van der Waals surface area contributed by atoms with Crippen molar-refractivity contribution in [2.24, 2.45) is 5.73 Å². The standard InChI is InChI=1S/C13H19N/c1-6-12(14)9-8-11(5)13(7-2)10(3)4/h6-9H,2,5,14H2,1,3-4H3/b9-8-,12-6+. The lowest BCUT2D eigenvalue weighted by Gasteiger charge is -2.03. The van der Waals surface area contributed by atoms with E-state index in [-0.39, 0.29) is 0 Å². The fraction of sp³-hybridized carbons (Fsp3) is 0.231. The first-order valence-corrected chi connectivity index (χ1v) is 4.62. The Labute approximate surface area is 87.0 Å². The molecule has 0 aliphatic heterocycles. The SMILES string of the molecule is C=CC(C(=C)/C=C\C(N)=C/C)=C(C)C. The van der Waals surface area contributed by atoms with Crippen molar-refractivity contribution in [1.82, 2.24) is 0 Å². The van der Waals surface area contributed by atoms with E-state index in [4.69, 9.17) is 5.73 Å². The van der Waals surface area contributed by atoms with Crippen LogP contribution in [0, 0.1) is 0 Å². The number of rotatable bonds is 4. The maximum Gasteiger partial charge on any atom is 0.0270 e. The van der Waals surface area contributed by atoms with E-state index in [0.717, 1.165) is 16.8 Å². The van der Waals surface area contributed by atoms with Crippen molar-refractivity contribution in [3.05, 3.63) is 59.9 Å². The Morgan fingerprint density at radius 2 is 1.79 bits per heavy atom. The van der Waals surface area contributed by atoms with Crippen LogP contribution in [0.3, 0.4) is 0 Å². The molecule has 0 radical (unpaired) electrons. The maximum absolute atomic E-state index is 5.63. The zero-order valence-electron chi connectivity index (χ0n) is 9.30. The van der Waals surface area contributed by atoms with Crippen LogP contribution in [-0.2, 0) is 0 Å². The first-order valence-electron chi connectivity index (χ1n) is 4.62. The molecule has 0 saturated heterocycles. The van der Waals surface area contributed by atoms with E-state index >= 15 is 0 Å². The molecular weight excluding hydrogens is 170 g/mol. The highest BCUT2D eigenvalue weighted by atomic mass is 14.5. The zero-order chi connectivity index (χ0) is 11.1. The van der Waals surface area contributed by atoms with Crippen LogP contribution in [0.1, 0.15) is 20.8 Å². The van der Waals surface area contributed by atoms with Gasteiger partial charge >= 0.3 is 0 Å². The van der Waals surface area contributed by atoms with Crippen molar-refractivity contribution in [2.75, 3.05) is 0 Å². The minimum absolute atomic E-state index is 0.739. The second-order valence-corrected chi connectivity index (χ2v) is 3.27. The summed E-state index contributed by atoms with van der Waals surface area (Å²) in [6.45, 7) is 13.7. The van der Waals surface area contributed by atoms with E-state index in [1.54, 1.807) is 0 Å². The predicted molar refractivity (Wildman–Crippen MR) is 64.8 cm³/mol. The summed E-state index contributed by atoms with van der Waals surface area (Å²) in [5, 5.41) is 0. The Hall–Kier alpha value is -1.50. The topological polar surface area (TPSA) is 26.0 Å². The average Bonchev–Trinajstić information content (AvgIpc) is 2.14. The van der Waals surface area contributed by atoms with Gasteiger partial charge in [0.2, 0.25) is 0 Å². The van der Waals surface area contributed by atoms with Crippen molar-refractivity contribution in [3.63, 3.8) is 0 Å². The molecule has 0 fully saturated rings. The van der Waals surface area contributed by atoms with E-state index in [0.29, 0.717) is 0 Å². The number of hydrogen-bond acceptors (Lipinski definition) is 1. The van der Waals surface area contributed by atoms with Crippen LogP contribution in [0.2, 0.25) is 0 Å². The van der Waals surface area contributed by atoms with E-state index in [2.05, 4.69) is 13.2 Å². The average molecular weight is 189 g/mol. The molecule has 0 aliphatic rings. The number of allylic oxidation sites excluding steroid dienone is 7. The molecule has 0 spiro atoms. The molecule has 1 nitrogen and oxygen atoms in total. The highest BCUT2D eigenvalue weighted by Gasteiger charge is 1.96. The molecule has 0 aromatic carbocycles. The van der Waals surface area contributed by atoms with Crippen LogP contribution in [-0.4, -0.2) is 0 Å². The van der Waals surface area contributed by atoms with Gasteiger partial charge < -0.3 is 5.73 Å². The van der Waals surface area contributed by atoms with Gasteiger partial charge in [-0.2, -0.15) is 0 Å². The minimum atomic E-state index is 0.739. The second-order valence-electron chi connectivity index (χ2n) is 3.27. The summed E-state index contributed by atoms with van der Waals surface area (Å²) in [6, 6.07) is 0. The monoisotopic (exact) mass is 189 g/mol. The lowest BCUT2D eigenvalue weighted by molar-refractivity contribution is 1.31. The summed E-state index contributed by atoms with van der Waals surface area (Å²) >= 11 is 0. The van der Waals surface area contributed by atoms with Crippen molar-refractivity contribution in [2.45, 2.75) is 20.8 Å². The van der Waals surface area contributed by atoms with Crippen LogP contribution in [0.4, 0.5) is 0 Å². The van der Waals surface area contributed by atoms with Crippen molar-refractivity contribution in [1.29, 1.82) is 0 Å². The van der Waals surface area contributed by atoms with Gasteiger partial charge in [-0.25, -0.2) is 0 Å². The van der Waals surface area contributed by atoms with E-state index in [1.165, 1.54) is 5.57 Å². The molecule has 0 bridgehead atoms. The maximum atomic E-state index is 5.63. The van der Waals surface area contributed by atoms with Gasteiger partial charge in [0.25, 0.3) is 0 Å². The van der Waals surface area contributed by atoms with Crippen LogP contribution < -0.4 is 5.73 Å². The lowest BCUT2D eigenvalue weighted by Crippen LogP contribution is -1.92. The molecule has 1 heteroatoms. The highest BCUT2D eigenvalue weighted by Crippen LogP contribution is 2.15. The Kier molecular flexibility index (Phi) is 5.38. The van der Waals surface area contributed by atoms with E-state index in [1.807, 2.05) is 45.1 Å². The van der Waals surface area contributed by atoms with Crippen LogP contribution in [0.15, 0.2) is 59.9 Å². The van der Waals surface area contributed by atoms with Gasteiger partial charge in [-0.15, -0.1) is 0 Å². The molecule has 2 N–H and O–H groups in total. The highest BCUT2D eigenvalue weighted by molar-refractivity contribution is 5.47. The molecule has 0 saturated carbocycles. The summed E-state index contributed by atoms with van der Waals surface area (Å²) < 4.78 is 0. The Morgan fingerprint density at radius 1 is 1.21 bits per heavy atom. The van der Waals surface area contributed by atoms with E-state index in [9.17, 15) is 0 Å². The predicted octanol–water partition coefficient (Wildman–Crippen LogP) is 3.48. The molecule has 0 amide bonds. The Bertz CT molecular complexity index is 310. The van der Waals surface area contributed by atoms with Gasteiger partial charge in [-0.1, -0.05) is 37.0 Å². The number of nitrogens with two attached hydrogens (primary N) is 1. The zero-order valence-corrected chi connectivity index (χ0v) is 9.30. The molecule has 0 atom stereocenters. The third-order valence-corrected chi connectivity index (χ3v) is 1.90. The van der Waals surface area contributed by atoms with Gasteiger partial charge in [-0.05, 0) is 38.0 Å². The molecule has 0 rings (SSSR count). The summed E-state index contributed by atoms with van der Waals surface area (Å²) in [5.41, 5.74) is 9.58. The van der Waals surface area contributed by atoms with Gasteiger partial charge in [0.15, 0.2) is 0 Å². The van der Waals surface area contributed by atoms with Crippen molar-refractivity contribution in [3.8, 4) is 0 Å². The minimum Gasteiger partial charge on any atom is -0.399 e. The fourth-order valence-electron chi connectivity index (χ4n) is 1.04. The summed E-state index contributed by atoms with van der Waals surface area (Å²) in [4.78, 5) is 0. The molecule has 0 aromatic rings. The van der Waals surface area contributed by atoms with Gasteiger partial charge in [0, 0.05) is 5.70 Å². The first kappa shape index (κ1) is 12.5. The summed E-state index contributed by atoms with van der Waals surface area (Å²) in [6.07, 6.45) is 7.40. The largest absolute Gasteiger partial charge is 0.399 e. The fourth-order valence-corrected chi connectivity index (χ4v) is 1.04. The lowest BCUT2D eigenvalue weighted by atomic mass is 10.0. The van der Waals surface area contributed by atoms with Gasteiger partial charge in [0.1, 0.15) is 0 Å². The van der Waals surface area contributed by atoms with Gasteiger partial charge in [0.05, 0.1) is 0 Å². The molecule has 0 heterocycles. The Morgan fingerprint density at radius 3 is 2.14 bits per heavy atom. The molecule has 0 unspecified atom stereocenters.